The number of nitrogens with two attached hydrogens (primary N) is 1. The Morgan fingerprint density at radius 3 is 2.75 bits per heavy atom. The highest BCUT2D eigenvalue weighted by Crippen LogP contribution is 2.63. The predicted molar refractivity (Wildman–Crippen MR) is 225 cm³/mol. The standard InChI is InChI=1S/C49H51N3O7/c1-27(53)57-26-38-35-14-15-36-43-31(20-34(54)22-41(43)56-2)24-49-18-17-28(23-49)19-29-11-16-42(50)52-39(29)10-6-7-30-21-40(55)46-37(44(30)47(38)59-48(35)45(36)49)13-12-33(25-58-46)51-32-8-4-3-5-9-32/h11-16,20-22,28,32-33,38,47,51,54-55H,3-5,7-9,17-19,23-26H2,1-2H3,(H2,50,52). The summed E-state index contributed by atoms with van der Waals surface area (Å²) >= 11 is 0. The molecule has 6 aliphatic rings. The van der Waals surface area contributed by atoms with Crippen molar-refractivity contribution in [1.29, 1.82) is 0 Å². The van der Waals surface area contributed by atoms with Gasteiger partial charge in [0, 0.05) is 58.7 Å². The second-order valence-electron chi connectivity index (χ2n) is 17.5. The minimum Gasteiger partial charge on any atom is -0.508 e. The topological polar surface area (TPSA) is 145 Å². The van der Waals surface area contributed by atoms with E-state index in [0.29, 0.717) is 54.4 Å². The number of aromatic nitrogens is 1. The second kappa shape index (κ2) is 14.9. The lowest BCUT2D eigenvalue weighted by molar-refractivity contribution is -0.141. The van der Waals surface area contributed by atoms with Crippen molar-refractivity contribution in [1.82, 2.24) is 10.3 Å². The number of carbonyl (C=O) groups is 1. The molecule has 304 valence electrons. The number of nitrogens with one attached hydrogen (secondary N) is 1. The molecule has 0 radical (unpaired) electrons. The van der Waals surface area contributed by atoms with E-state index in [0.717, 1.165) is 94.3 Å². The van der Waals surface area contributed by atoms with E-state index in [1.54, 1.807) is 19.2 Å². The molecule has 10 nitrogen and oxygen atoms in total. The zero-order chi connectivity index (χ0) is 40.4. The number of hydrogen-bond donors (Lipinski definition) is 4. The normalized spacial score (nSPS) is 24.9. The van der Waals surface area contributed by atoms with Crippen molar-refractivity contribution in [2.75, 3.05) is 26.1 Å². The Balaban J connectivity index is 1.20. The number of esters is 1. The van der Waals surface area contributed by atoms with Crippen LogP contribution in [-0.4, -0.2) is 53.6 Å². The van der Waals surface area contributed by atoms with Crippen LogP contribution in [0.5, 0.6) is 28.7 Å². The van der Waals surface area contributed by atoms with Gasteiger partial charge in [-0.15, -0.1) is 0 Å². The first-order chi connectivity index (χ1) is 28.7. The number of nitrogens with zero attached hydrogens (tertiary/aromatic N) is 1. The number of nitrogen functional groups attached to an aromatic ring is 1. The van der Waals surface area contributed by atoms with E-state index in [-0.39, 0.29) is 41.4 Å². The molecule has 3 aliphatic carbocycles. The van der Waals surface area contributed by atoms with E-state index in [2.05, 4.69) is 47.5 Å². The van der Waals surface area contributed by atoms with Crippen molar-refractivity contribution in [3.8, 4) is 51.7 Å². The van der Waals surface area contributed by atoms with Gasteiger partial charge in [-0.1, -0.05) is 55.5 Å². The summed E-state index contributed by atoms with van der Waals surface area (Å²) in [6.07, 6.45) is 14.2. The summed E-state index contributed by atoms with van der Waals surface area (Å²) in [5.41, 5.74) is 15.2. The third kappa shape index (κ3) is 6.64. The summed E-state index contributed by atoms with van der Waals surface area (Å²) in [6.45, 7) is 1.90. The Kier molecular flexibility index (Phi) is 9.47. The molecule has 4 aromatic rings. The third-order valence-electron chi connectivity index (χ3n) is 13.8. The van der Waals surface area contributed by atoms with Gasteiger partial charge in [-0.05, 0) is 97.2 Å². The SMILES string of the molecule is COc1cc(O)cc2c1-c1ccc3c4c1C1(CCC(Cc5ccc(N)nc5C#CCc5cc(O)c6c(c5C(O4)C3COC(C)=O)C=CC(NC3CCCCC3)CO6)C1)C2. The first-order valence-corrected chi connectivity index (χ1v) is 21.3. The fourth-order valence-electron chi connectivity index (χ4n) is 11.3. The lowest BCUT2D eigenvalue weighted by atomic mass is 9.65. The smallest absolute Gasteiger partial charge is 0.302 e. The van der Waals surface area contributed by atoms with Crippen LogP contribution in [0.4, 0.5) is 5.82 Å². The Morgan fingerprint density at radius 2 is 1.92 bits per heavy atom. The van der Waals surface area contributed by atoms with Crippen LogP contribution in [0.15, 0.2) is 48.5 Å². The molecule has 5 atom stereocenters. The summed E-state index contributed by atoms with van der Waals surface area (Å²) in [5, 5.41) is 26.5. The van der Waals surface area contributed by atoms with Crippen LogP contribution in [0.3, 0.4) is 0 Å². The fraction of sp³-hybridized carbons (Fsp3) is 0.429. The molecule has 2 saturated carbocycles. The molecule has 4 heterocycles. The van der Waals surface area contributed by atoms with Gasteiger partial charge < -0.3 is 40.2 Å². The van der Waals surface area contributed by atoms with Gasteiger partial charge in [-0.2, -0.15) is 0 Å². The first-order valence-electron chi connectivity index (χ1n) is 21.3. The van der Waals surface area contributed by atoms with Crippen molar-refractivity contribution in [3.05, 3.63) is 93.2 Å². The average molecular weight is 794 g/mol. The summed E-state index contributed by atoms with van der Waals surface area (Å²) in [6, 6.07) is 13.9. The number of carbonyl (C=O) groups excluding carboxylic acids is 1. The van der Waals surface area contributed by atoms with E-state index >= 15 is 0 Å². The lowest BCUT2D eigenvalue weighted by Crippen LogP contribution is -2.41. The number of fused-ring (bicyclic) bond motifs is 9. The minimum atomic E-state index is -0.610. The van der Waals surface area contributed by atoms with Gasteiger partial charge in [-0.3, -0.25) is 4.79 Å². The molecular weight excluding hydrogens is 743 g/mol. The molecule has 3 aliphatic heterocycles. The Hall–Kier alpha value is -5.66. The Bertz CT molecular complexity index is 2460. The quantitative estimate of drug-likeness (QED) is 0.116. The van der Waals surface area contributed by atoms with Gasteiger partial charge in [0.15, 0.2) is 11.5 Å². The molecule has 10 rings (SSSR count). The van der Waals surface area contributed by atoms with Crippen molar-refractivity contribution in [2.45, 2.75) is 107 Å². The number of rotatable bonds is 5. The molecular formula is C49H51N3O7. The molecule has 5 unspecified atom stereocenters. The van der Waals surface area contributed by atoms with Gasteiger partial charge in [0.25, 0.3) is 0 Å². The zero-order valence-corrected chi connectivity index (χ0v) is 33.7. The summed E-state index contributed by atoms with van der Waals surface area (Å²) in [4.78, 5) is 17.3. The summed E-state index contributed by atoms with van der Waals surface area (Å²) in [7, 11) is 1.64. The number of phenols is 2. The first kappa shape index (κ1) is 37.6. The van der Waals surface area contributed by atoms with Gasteiger partial charge in [0.1, 0.15) is 48.1 Å². The number of methoxy groups -OCH3 is 1. The Labute approximate surface area is 345 Å². The van der Waals surface area contributed by atoms with E-state index < -0.39 is 6.10 Å². The number of phenolic OH excluding ortho intramolecular Hbond substituents is 2. The van der Waals surface area contributed by atoms with Crippen LogP contribution in [0.2, 0.25) is 0 Å². The van der Waals surface area contributed by atoms with E-state index in [9.17, 15) is 15.0 Å². The van der Waals surface area contributed by atoms with Crippen LogP contribution in [0.25, 0.3) is 17.2 Å². The third-order valence-corrected chi connectivity index (χ3v) is 13.8. The van der Waals surface area contributed by atoms with Crippen molar-refractivity contribution < 1.29 is 34.0 Å². The highest BCUT2D eigenvalue weighted by Gasteiger charge is 2.51. The molecule has 10 heteroatoms. The maximum absolute atomic E-state index is 12.6. The number of hydrogen-bond acceptors (Lipinski definition) is 10. The monoisotopic (exact) mass is 793 g/mol. The van der Waals surface area contributed by atoms with E-state index in [1.807, 2.05) is 12.1 Å². The van der Waals surface area contributed by atoms with Crippen molar-refractivity contribution in [3.63, 3.8) is 0 Å². The van der Waals surface area contributed by atoms with Crippen LogP contribution in [-0.2, 0) is 34.2 Å². The number of pyridine rings is 1. The zero-order valence-electron chi connectivity index (χ0n) is 33.7. The van der Waals surface area contributed by atoms with Gasteiger partial charge in [0.2, 0.25) is 0 Å². The molecule has 2 fully saturated rings. The minimum absolute atomic E-state index is 0.0387. The Morgan fingerprint density at radius 1 is 1.05 bits per heavy atom. The van der Waals surface area contributed by atoms with E-state index in [1.165, 1.54) is 26.2 Å². The van der Waals surface area contributed by atoms with Crippen molar-refractivity contribution >= 4 is 17.9 Å². The van der Waals surface area contributed by atoms with Crippen LogP contribution in [0, 0.1) is 17.8 Å². The number of ether oxygens (including phenoxy) is 4. The molecule has 4 bridgehead atoms. The summed E-state index contributed by atoms with van der Waals surface area (Å²) < 4.78 is 25.9. The van der Waals surface area contributed by atoms with Gasteiger partial charge in [0.05, 0.1) is 19.1 Å². The number of benzene rings is 3. The largest absolute Gasteiger partial charge is 0.508 e. The van der Waals surface area contributed by atoms with Gasteiger partial charge >= 0.3 is 5.97 Å². The lowest BCUT2D eigenvalue weighted by Gasteiger charge is -2.39. The molecule has 0 amide bonds. The summed E-state index contributed by atoms with van der Waals surface area (Å²) in [5.74, 6) is 8.83. The highest BCUT2D eigenvalue weighted by molar-refractivity contribution is 5.84. The van der Waals surface area contributed by atoms with Crippen LogP contribution in [0.1, 0.15) is 115 Å². The van der Waals surface area contributed by atoms with E-state index in [4.69, 9.17) is 29.7 Å². The predicted octanol–water partition coefficient (Wildman–Crippen LogP) is 7.97. The fourth-order valence-corrected chi connectivity index (χ4v) is 11.3. The molecule has 0 saturated heterocycles. The maximum atomic E-state index is 12.6. The number of aromatic hydroxyl groups is 2. The van der Waals surface area contributed by atoms with Crippen LogP contribution < -0.4 is 25.3 Å². The molecule has 5 N–H and O–H groups in total. The van der Waals surface area contributed by atoms with Gasteiger partial charge in [-0.25, -0.2) is 4.98 Å². The van der Waals surface area contributed by atoms with Crippen molar-refractivity contribution in [2.24, 2.45) is 5.92 Å². The second-order valence-corrected chi connectivity index (χ2v) is 17.5. The molecule has 3 aromatic carbocycles. The average Bonchev–Trinajstić information content (AvgIpc) is 3.71. The number of anilines is 1. The molecule has 59 heavy (non-hydrogen) atoms. The molecule has 1 spiro atoms. The highest BCUT2D eigenvalue weighted by atomic mass is 16.5. The van der Waals surface area contributed by atoms with Crippen LogP contribution >= 0.6 is 0 Å². The maximum Gasteiger partial charge on any atom is 0.302 e. The molecule has 1 aromatic heterocycles.